The molecule has 0 atom stereocenters. The third-order valence-corrected chi connectivity index (χ3v) is 3.35. The minimum atomic E-state index is -1.14. The van der Waals surface area contributed by atoms with E-state index in [9.17, 15) is 14.7 Å². The number of benzene rings is 2. The monoisotopic (exact) mass is 329 g/mol. The molecular weight excluding hydrogens is 306 g/mol. The molecule has 0 heterocycles. The topological polar surface area (TPSA) is 86.6 Å². The first kappa shape index (κ1) is 19.4. The first-order chi connectivity index (χ1) is 11.5. The fourth-order valence-corrected chi connectivity index (χ4v) is 2.18. The summed E-state index contributed by atoms with van der Waals surface area (Å²) in [5, 5.41) is 21.4. The zero-order valence-corrected chi connectivity index (χ0v) is 14.2. The number of aliphatic hydroxyl groups excluding tert-OH is 1. The van der Waals surface area contributed by atoms with Gasteiger partial charge in [0.25, 0.3) is 0 Å². The molecule has 0 unspecified atom stereocenters. The van der Waals surface area contributed by atoms with Crippen LogP contribution in [0.4, 0.5) is 5.69 Å². The second kappa shape index (κ2) is 9.47. The quantitative estimate of drug-likeness (QED) is 0.703. The molecule has 2 aromatic rings. The number of Topliss-reactive ketones (excluding diaryl/α,β-unsaturated/α-hetero) is 1. The van der Waals surface area contributed by atoms with Gasteiger partial charge >= 0.3 is 5.97 Å². The Bertz CT molecular complexity index is 693. The van der Waals surface area contributed by atoms with Gasteiger partial charge in [0.05, 0.1) is 12.2 Å². The number of carbonyl (C=O) groups is 2. The van der Waals surface area contributed by atoms with Crippen molar-refractivity contribution in [3.8, 4) is 0 Å². The maximum Gasteiger partial charge on any atom is 0.338 e. The van der Waals surface area contributed by atoms with Gasteiger partial charge in [-0.3, -0.25) is 4.79 Å². The number of aliphatic hydroxyl groups is 1. The van der Waals surface area contributed by atoms with Gasteiger partial charge in [-0.2, -0.15) is 0 Å². The summed E-state index contributed by atoms with van der Waals surface area (Å²) in [4.78, 5) is 23.0. The zero-order valence-electron chi connectivity index (χ0n) is 14.2. The Labute approximate surface area is 142 Å². The van der Waals surface area contributed by atoms with Crippen molar-refractivity contribution in [2.24, 2.45) is 0 Å². The van der Waals surface area contributed by atoms with E-state index < -0.39 is 5.97 Å². The SMILES string of the molecule is CC.CC(=O)c1cccc(NCc2ccc(CO)cc2)c1C(=O)O. The van der Waals surface area contributed by atoms with E-state index >= 15 is 0 Å². The molecule has 0 saturated heterocycles. The van der Waals surface area contributed by atoms with Crippen LogP contribution in [0.1, 0.15) is 52.6 Å². The summed E-state index contributed by atoms with van der Waals surface area (Å²) in [5.41, 5.74) is 2.34. The van der Waals surface area contributed by atoms with Crippen LogP contribution in [0.15, 0.2) is 42.5 Å². The largest absolute Gasteiger partial charge is 0.478 e. The minimum absolute atomic E-state index is 0.0121. The molecule has 0 aromatic heterocycles. The number of carboxylic acids is 1. The predicted octanol–water partition coefficient (Wildman–Crippen LogP) is 3.72. The van der Waals surface area contributed by atoms with Crippen LogP contribution in [0, 0.1) is 0 Å². The van der Waals surface area contributed by atoms with E-state index in [1.807, 2.05) is 26.0 Å². The fourth-order valence-electron chi connectivity index (χ4n) is 2.18. The molecule has 128 valence electrons. The van der Waals surface area contributed by atoms with Crippen molar-refractivity contribution in [2.45, 2.75) is 33.9 Å². The summed E-state index contributed by atoms with van der Waals surface area (Å²) < 4.78 is 0. The van der Waals surface area contributed by atoms with Crippen molar-refractivity contribution in [1.82, 2.24) is 0 Å². The number of hydrogen-bond acceptors (Lipinski definition) is 4. The molecule has 24 heavy (non-hydrogen) atoms. The highest BCUT2D eigenvalue weighted by Crippen LogP contribution is 2.21. The Morgan fingerprint density at radius 1 is 1.00 bits per heavy atom. The maximum atomic E-state index is 11.6. The third-order valence-electron chi connectivity index (χ3n) is 3.35. The predicted molar refractivity (Wildman–Crippen MR) is 94.4 cm³/mol. The number of ketones is 1. The number of carbonyl (C=O) groups excluding carboxylic acids is 1. The molecule has 0 aliphatic carbocycles. The van der Waals surface area contributed by atoms with Crippen LogP contribution < -0.4 is 5.32 Å². The normalized spacial score (nSPS) is 9.67. The first-order valence-electron chi connectivity index (χ1n) is 7.82. The smallest absolute Gasteiger partial charge is 0.338 e. The maximum absolute atomic E-state index is 11.6. The van der Waals surface area contributed by atoms with E-state index in [-0.39, 0.29) is 23.5 Å². The van der Waals surface area contributed by atoms with Gasteiger partial charge in [0.15, 0.2) is 5.78 Å². The van der Waals surface area contributed by atoms with Crippen LogP contribution >= 0.6 is 0 Å². The molecule has 3 N–H and O–H groups in total. The molecule has 2 rings (SSSR count). The highest BCUT2D eigenvalue weighted by atomic mass is 16.4. The lowest BCUT2D eigenvalue weighted by molar-refractivity contribution is 0.0693. The van der Waals surface area contributed by atoms with Gasteiger partial charge < -0.3 is 15.5 Å². The lowest BCUT2D eigenvalue weighted by atomic mass is 10.0. The highest BCUT2D eigenvalue weighted by Gasteiger charge is 2.17. The molecule has 0 amide bonds. The van der Waals surface area contributed by atoms with E-state index in [1.165, 1.54) is 13.0 Å². The van der Waals surface area contributed by atoms with E-state index in [1.54, 1.807) is 24.3 Å². The van der Waals surface area contributed by atoms with Crippen molar-refractivity contribution in [3.63, 3.8) is 0 Å². The van der Waals surface area contributed by atoms with Gasteiger partial charge in [-0.1, -0.05) is 50.2 Å². The van der Waals surface area contributed by atoms with Crippen molar-refractivity contribution in [2.75, 3.05) is 5.32 Å². The van der Waals surface area contributed by atoms with Crippen LogP contribution in [-0.2, 0) is 13.2 Å². The number of aromatic carboxylic acids is 1. The van der Waals surface area contributed by atoms with Gasteiger partial charge in [-0.15, -0.1) is 0 Å². The molecule has 0 spiro atoms. The second-order valence-corrected chi connectivity index (χ2v) is 4.92. The van der Waals surface area contributed by atoms with E-state index in [2.05, 4.69) is 5.32 Å². The van der Waals surface area contributed by atoms with Crippen molar-refractivity contribution in [3.05, 3.63) is 64.7 Å². The average Bonchev–Trinajstić information content (AvgIpc) is 2.61. The standard InChI is InChI=1S/C17H17NO4.C2H6/c1-11(20)14-3-2-4-15(16(14)17(21)22)18-9-12-5-7-13(10-19)8-6-12;1-2/h2-8,18-19H,9-10H2,1H3,(H,21,22);1-2H3. The molecule has 0 aliphatic rings. The zero-order chi connectivity index (χ0) is 18.1. The Morgan fingerprint density at radius 3 is 2.08 bits per heavy atom. The van der Waals surface area contributed by atoms with Crippen LogP contribution in [0.2, 0.25) is 0 Å². The lowest BCUT2D eigenvalue weighted by Crippen LogP contribution is -2.11. The molecule has 0 radical (unpaired) electrons. The molecule has 0 aliphatic heterocycles. The average molecular weight is 329 g/mol. The molecule has 5 heteroatoms. The van der Waals surface area contributed by atoms with E-state index in [0.717, 1.165) is 11.1 Å². The molecule has 0 saturated carbocycles. The van der Waals surface area contributed by atoms with Gasteiger partial charge in [0.2, 0.25) is 0 Å². The van der Waals surface area contributed by atoms with Crippen LogP contribution in [0.5, 0.6) is 0 Å². The van der Waals surface area contributed by atoms with Crippen molar-refractivity contribution in [1.29, 1.82) is 0 Å². The van der Waals surface area contributed by atoms with Crippen molar-refractivity contribution < 1.29 is 19.8 Å². The Morgan fingerprint density at radius 2 is 1.58 bits per heavy atom. The number of hydrogen-bond donors (Lipinski definition) is 3. The third kappa shape index (κ3) is 4.93. The number of nitrogens with one attached hydrogen (secondary N) is 1. The Kier molecular flexibility index (Phi) is 7.65. The summed E-state index contributed by atoms with van der Waals surface area (Å²) in [6.07, 6.45) is 0. The van der Waals surface area contributed by atoms with Crippen molar-refractivity contribution >= 4 is 17.4 Å². The molecule has 5 nitrogen and oxygen atoms in total. The van der Waals surface area contributed by atoms with Gasteiger partial charge in [0, 0.05) is 17.8 Å². The highest BCUT2D eigenvalue weighted by molar-refractivity contribution is 6.08. The second-order valence-electron chi connectivity index (χ2n) is 4.92. The lowest BCUT2D eigenvalue weighted by Gasteiger charge is -2.12. The van der Waals surface area contributed by atoms with E-state index in [4.69, 9.17) is 5.11 Å². The van der Waals surface area contributed by atoms with Crippen LogP contribution in [0.25, 0.3) is 0 Å². The van der Waals surface area contributed by atoms with Gasteiger partial charge in [-0.05, 0) is 24.1 Å². The summed E-state index contributed by atoms with van der Waals surface area (Å²) >= 11 is 0. The Balaban J connectivity index is 0.00000139. The molecule has 2 aromatic carbocycles. The van der Waals surface area contributed by atoms with Crippen LogP contribution in [-0.4, -0.2) is 22.0 Å². The van der Waals surface area contributed by atoms with Crippen LogP contribution in [0.3, 0.4) is 0 Å². The molecule has 0 bridgehead atoms. The summed E-state index contributed by atoms with van der Waals surface area (Å²) in [7, 11) is 0. The summed E-state index contributed by atoms with van der Waals surface area (Å²) in [6, 6.07) is 12.1. The number of rotatable bonds is 6. The molecule has 0 fully saturated rings. The van der Waals surface area contributed by atoms with E-state index in [0.29, 0.717) is 12.2 Å². The molecular formula is C19H23NO4. The minimum Gasteiger partial charge on any atom is -0.478 e. The number of carboxylic acid groups (broad SMARTS) is 1. The summed E-state index contributed by atoms with van der Waals surface area (Å²) in [5.74, 6) is -1.42. The number of anilines is 1. The summed E-state index contributed by atoms with van der Waals surface area (Å²) in [6.45, 7) is 5.75. The van der Waals surface area contributed by atoms with Gasteiger partial charge in [-0.25, -0.2) is 4.79 Å². The Hall–Kier alpha value is -2.66. The fraction of sp³-hybridized carbons (Fsp3) is 0.263. The first-order valence-corrected chi connectivity index (χ1v) is 7.82. The van der Waals surface area contributed by atoms with Gasteiger partial charge in [0.1, 0.15) is 0 Å².